The van der Waals surface area contributed by atoms with Gasteiger partial charge in [0, 0.05) is 6.54 Å². The van der Waals surface area contributed by atoms with Gasteiger partial charge in [-0.3, -0.25) is 14.2 Å². The fraction of sp³-hybridized carbons (Fsp3) is 0.250. The highest BCUT2D eigenvalue weighted by Crippen LogP contribution is 2.31. The van der Waals surface area contributed by atoms with Crippen LogP contribution < -0.4 is 20.3 Å². The van der Waals surface area contributed by atoms with Gasteiger partial charge in [0.15, 0.2) is 17.1 Å². The Hall–Kier alpha value is -4.35. The number of hydrogen-bond donors (Lipinski definition) is 1. The van der Waals surface area contributed by atoms with Crippen LogP contribution in [0.2, 0.25) is 0 Å². The van der Waals surface area contributed by atoms with Crippen LogP contribution in [-0.2, 0) is 24.1 Å². The molecule has 3 heterocycles. The van der Waals surface area contributed by atoms with E-state index in [4.69, 9.17) is 9.47 Å². The first kappa shape index (κ1) is 23.4. The van der Waals surface area contributed by atoms with Crippen molar-refractivity contribution in [3.8, 4) is 11.5 Å². The average molecular weight is 499 g/mol. The number of carbonyl (C=O) groups is 1. The van der Waals surface area contributed by atoms with Gasteiger partial charge in [0.25, 0.3) is 11.5 Å². The molecule has 1 aliphatic heterocycles. The number of benzene rings is 2. The lowest BCUT2D eigenvalue weighted by Gasteiger charge is -2.25. The number of amides is 1. The summed E-state index contributed by atoms with van der Waals surface area (Å²) < 4.78 is 52.9. The van der Waals surface area contributed by atoms with Crippen LogP contribution in [0.5, 0.6) is 11.5 Å². The molecule has 2 aromatic carbocycles. The van der Waals surface area contributed by atoms with Gasteiger partial charge >= 0.3 is 6.18 Å². The first-order chi connectivity index (χ1) is 17.3. The van der Waals surface area contributed by atoms with Crippen molar-refractivity contribution in [2.45, 2.75) is 25.4 Å². The van der Waals surface area contributed by atoms with E-state index in [2.05, 4.69) is 15.4 Å². The van der Waals surface area contributed by atoms with Gasteiger partial charge in [-0.2, -0.15) is 18.3 Å². The highest BCUT2D eigenvalue weighted by atomic mass is 19.4. The summed E-state index contributed by atoms with van der Waals surface area (Å²) in [6.07, 6.45) is -2.65. The fourth-order valence-corrected chi connectivity index (χ4v) is 3.86. The Labute approximate surface area is 202 Å². The summed E-state index contributed by atoms with van der Waals surface area (Å²) >= 11 is 0. The van der Waals surface area contributed by atoms with Crippen molar-refractivity contribution in [2.24, 2.45) is 0 Å². The lowest BCUT2D eigenvalue weighted by molar-refractivity contribution is -0.137. The van der Waals surface area contributed by atoms with Crippen LogP contribution in [0.25, 0.3) is 11.0 Å². The minimum atomic E-state index is -4.47. The Morgan fingerprint density at radius 3 is 2.75 bits per heavy atom. The zero-order valence-electron chi connectivity index (χ0n) is 18.7. The zero-order chi connectivity index (χ0) is 25.3. The van der Waals surface area contributed by atoms with E-state index >= 15 is 0 Å². The Balaban J connectivity index is 1.23. The van der Waals surface area contributed by atoms with Crippen LogP contribution in [0.3, 0.4) is 0 Å². The molecule has 186 valence electrons. The summed E-state index contributed by atoms with van der Waals surface area (Å²) in [4.78, 5) is 29.6. The third kappa shape index (κ3) is 4.74. The van der Waals surface area contributed by atoms with Crippen molar-refractivity contribution in [1.82, 2.24) is 24.6 Å². The largest absolute Gasteiger partial charge is 0.485 e. The van der Waals surface area contributed by atoms with Gasteiger partial charge < -0.3 is 14.8 Å². The second-order valence-electron chi connectivity index (χ2n) is 8.14. The maximum absolute atomic E-state index is 13.0. The molecule has 0 aliphatic carbocycles. The predicted molar refractivity (Wildman–Crippen MR) is 122 cm³/mol. The molecule has 0 bridgehead atoms. The number of carbonyl (C=O) groups excluding carboxylic acids is 1. The van der Waals surface area contributed by atoms with Crippen molar-refractivity contribution in [1.29, 1.82) is 0 Å². The molecule has 0 saturated heterocycles. The molecule has 0 fully saturated rings. The second-order valence-corrected chi connectivity index (χ2v) is 8.14. The third-order valence-corrected chi connectivity index (χ3v) is 5.65. The SMILES string of the molecule is O=C(NCCn1ncc2c(=O)n(Cc3cccc(C(F)(F)F)c3)cnc21)C1COc2ccccc2O1. The minimum absolute atomic E-state index is 0.0699. The van der Waals surface area contributed by atoms with E-state index in [9.17, 15) is 22.8 Å². The predicted octanol–water partition coefficient (Wildman–Crippen LogP) is 2.62. The van der Waals surface area contributed by atoms with Crippen LogP contribution in [0.1, 0.15) is 11.1 Å². The summed E-state index contributed by atoms with van der Waals surface area (Å²) in [5.74, 6) is 0.722. The molecule has 1 unspecified atom stereocenters. The van der Waals surface area contributed by atoms with Gasteiger partial charge in [0.05, 0.1) is 24.8 Å². The van der Waals surface area contributed by atoms with E-state index < -0.39 is 23.4 Å². The number of alkyl halides is 3. The van der Waals surface area contributed by atoms with Crippen molar-refractivity contribution < 1.29 is 27.4 Å². The normalized spacial score (nSPS) is 15.1. The summed E-state index contributed by atoms with van der Waals surface area (Å²) in [5.41, 5.74) is -0.592. The fourth-order valence-electron chi connectivity index (χ4n) is 3.86. The molecule has 1 aliphatic rings. The smallest absolute Gasteiger partial charge is 0.416 e. The molecule has 1 N–H and O–H groups in total. The summed E-state index contributed by atoms with van der Waals surface area (Å²) in [5, 5.41) is 7.15. The number of fused-ring (bicyclic) bond motifs is 2. The number of nitrogens with one attached hydrogen (secondary N) is 1. The van der Waals surface area contributed by atoms with E-state index in [1.807, 2.05) is 6.07 Å². The Morgan fingerprint density at radius 1 is 1.14 bits per heavy atom. The topological polar surface area (TPSA) is 100 Å². The average Bonchev–Trinajstić information content (AvgIpc) is 3.28. The van der Waals surface area contributed by atoms with Crippen molar-refractivity contribution >= 4 is 16.9 Å². The van der Waals surface area contributed by atoms with Crippen LogP contribution in [0.15, 0.2) is 65.8 Å². The van der Waals surface area contributed by atoms with E-state index in [-0.39, 0.29) is 37.5 Å². The highest BCUT2D eigenvalue weighted by molar-refractivity contribution is 5.81. The summed E-state index contributed by atoms with van der Waals surface area (Å²) in [6, 6.07) is 11.9. The molecule has 0 radical (unpaired) electrons. The molecule has 0 saturated carbocycles. The van der Waals surface area contributed by atoms with Crippen LogP contribution in [0.4, 0.5) is 13.2 Å². The number of ether oxygens (including phenoxy) is 2. The Bertz CT molecular complexity index is 1480. The van der Waals surface area contributed by atoms with Gasteiger partial charge in [0.2, 0.25) is 6.10 Å². The number of hydrogen-bond acceptors (Lipinski definition) is 6. The standard InChI is InChI=1S/C24H20F3N5O4/c25-24(26,27)16-5-3-4-15(10-16)12-31-14-29-21-17(23(31)34)11-30-32(21)9-8-28-22(33)20-13-35-18-6-1-2-7-19(18)36-20/h1-7,10-11,14,20H,8-9,12-13H2,(H,28,33). The van der Waals surface area contributed by atoms with Crippen molar-refractivity contribution in [3.63, 3.8) is 0 Å². The van der Waals surface area contributed by atoms with Crippen LogP contribution in [-0.4, -0.2) is 44.5 Å². The number of aromatic nitrogens is 4. The van der Waals surface area contributed by atoms with Gasteiger partial charge in [-0.15, -0.1) is 0 Å². The number of para-hydroxylation sites is 2. The Kier molecular flexibility index (Phi) is 6.08. The first-order valence-corrected chi connectivity index (χ1v) is 11.0. The molecule has 2 aromatic heterocycles. The maximum atomic E-state index is 13.0. The van der Waals surface area contributed by atoms with E-state index in [0.29, 0.717) is 22.7 Å². The lowest BCUT2D eigenvalue weighted by atomic mass is 10.1. The van der Waals surface area contributed by atoms with Gasteiger partial charge in [-0.05, 0) is 29.8 Å². The van der Waals surface area contributed by atoms with Gasteiger partial charge in [0.1, 0.15) is 18.3 Å². The van der Waals surface area contributed by atoms with Crippen molar-refractivity contribution in [3.05, 3.63) is 82.5 Å². The van der Waals surface area contributed by atoms with E-state index in [0.717, 1.165) is 12.1 Å². The molecule has 4 aromatic rings. The molecule has 0 spiro atoms. The van der Waals surface area contributed by atoms with Gasteiger partial charge in [-0.25, -0.2) is 9.67 Å². The molecule has 36 heavy (non-hydrogen) atoms. The quantitative estimate of drug-likeness (QED) is 0.438. The van der Waals surface area contributed by atoms with Crippen LogP contribution in [0, 0.1) is 0 Å². The Morgan fingerprint density at radius 2 is 1.94 bits per heavy atom. The molecule has 9 nitrogen and oxygen atoms in total. The second kappa shape index (κ2) is 9.36. The van der Waals surface area contributed by atoms with E-state index in [1.54, 1.807) is 18.2 Å². The van der Waals surface area contributed by atoms with Crippen molar-refractivity contribution in [2.75, 3.05) is 13.2 Å². The summed E-state index contributed by atoms with van der Waals surface area (Å²) in [7, 11) is 0. The molecule has 5 rings (SSSR count). The highest BCUT2D eigenvalue weighted by Gasteiger charge is 2.30. The molecule has 1 amide bonds. The number of rotatable bonds is 6. The molecule has 12 heteroatoms. The maximum Gasteiger partial charge on any atom is 0.416 e. The zero-order valence-corrected chi connectivity index (χ0v) is 18.7. The number of halogens is 3. The molecular weight excluding hydrogens is 479 g/mol. The lowest BCUT2D eigenvalue weighted by Crippen LogP contribution is -2.44. The monoisotopic (exact) mass is 499 g/mol. The molecular formula is C24H20F3N5O4. The molecule has 1 atom stereocenters. The van der Waals surface area contributed by atoms with E-state index in [1.165, 1.54) is 33.9 Å². The number of nitrogens with zero attached hydrogens (tertiary/aromatic N) is 4. The third-order valence-electron chi connectivity index (χ3n) is 5.65. The minimum Gasteiger partial charge on any atom is -0.485 e. The van der Waals surface area contributed by atoms with Gasteiger partial charge in [-0.1, -0.05) is 24.3 Å². The summed E-state index contributed by atoms with van der Waals surface area (Å²) in [6.45, 7) is 0.454. The van der Waals surface area contributed by atoms with Crippen LogP contribution >= 0.6 is 0 Å². The first-order valence-electron chi connectivity index (χ1n) is 11.0.